The molecule has 0 bridgehead atoms. The Labute approximate surface area is 128 Å². The number of hydrogen-bond acceptors (Lipinski definition) is 2. The summed E-state index contributed by atoms with van der Waals surface area (Å²) >= 11 is 0. The van der Waals surface area contributed by atoms with Gasteiger partial charge in [0.1, 0.15) is 6.17 Å². The van der Waals surface area contributed by atoms with E-state index in [0.29, 0.717) is 5.92 Å². The van der Waals surface area contributed by atoms with Crippen molar-refractivity contribution in [3.8, 4) is 0 Å². The van der Waals surface area contributed by atoms with E-state index in [1.54, 1.807) is 0 Å². The van der Waals surface area contributed by atoms with E-state index in [-0.39, 0.29) is 24.2 Å². The fourth-order valence-corrected chi connectivity index (χ4v) is 3.05. The summed E-state index contributed by atoms with van der Waals surface area (Å²) in [7, 11) is 0. The lowest BCUT2D eigenvalue weighted by Crippen LogP contribution is -2.39. The van der Waals surface area contributed by atoms with Crippen LogP contribution >= 0.6 is 0 Å². The summed E-state index contributed by atoms with van der Waals surface area (Å²) in [5.74, 6) is 0.546. The first kappa shape index (κ1) is 16.0. The van der Waals surface area contributed by atoms with Crippen molar-refractivity contribution in [2.45, 2.75) is 66.2 Å². The molecule has 2 rings (SSSR count). The van der Waals surface area contributed by atoms with Gasteiger partial charge in [-0.1, -0.05) is 44.5 Å². The smallest absolute Gasteiger partial charge is 0.241 e. The Kier molecular flexibility index (Phi) is 4.72. The third-order valence-electron chi connectivity index (χ3n) is 4.60. The molecule has 0 saturated carbocycles. The molecule has 1 aliphatic heterocycles. The van der Waals surface area contributed by atoms with E-state index in [1.807, 2.05) is 4.90 Å². The van der Waals surface area contributed by atoms with Gasteiger partial charge in [0, 0.05) is 6.04 Å². The molecule has 1 heterocycles. The van der Waals surface area contributed by atoms with Crippen LogP contribution in [0, 0.1) is 19.8 Å². The maximum Gasteiger partial charge on any atom is 0.241 e. The van der Waals surface area contributed by atoms with Gasteiger partial charge in [0.05, 0.1) is 6.04 Å². The van der Waals surface area contributed by atoms with Gasteiger partial charge >= 0.3 is 0 Å². The summed E-state index contributed by atoms with van der Waals surface area (Å²) in [6, 6.07) is 6.65. The Morgan fingerprint density at radius 3 is 2.48 bits per heavy atom. The molecule has 0 radical (unpaired) electrons. The highest BCUT2D eigenvalue weighted by Crippen LogP contribution is 2.32. The van der Waals surface area contributed by atoms with Gasteiger partial charge in [0.2, 0.25) is 5.91 Å². The molecule has 0 aliphatic carbocycles. The highest BCUT2D eigenvalue weighted by molar-refractivity contribution is 5.85. The molecule has 3 atom stereocenters. The summed E-state index contributed by atoms with van der Waals surface area (Å²) in [4.78, 5) is 14.8. The van der Waals surface area contributed by atoms with Crippen molar-refractivity contribution < 1.29 is 4.79 Å². The number of hydrogen-bond donors (Lipinski definition) is 1. The highest BCUT2D eigenvalue weighted by atomic mass is 16.2. The van der Waals surface area contributed by atoms with Crippen molar-refractivity contribution in [2.75, 3.05) is 0 Å². The fraction of sp³-hybridized carbons (Fsp3) is 0.611. The molecule has 1 aliphatic rings. The minimum absolute atomic E-state index is 0.000231. The van der Waals surface area contributed by atoms with Crippen molar-refractivity contribution in [3.05, 3.63) is 34.9 Å². The van der Waals surface area contributed by atoms with Crippen LogP contribution in [0.5, 0.6) is 0 Å². The van der Waals surface area contributed by atoms with Gasteiger partial charge in [-0.2, -0.15) is 0 Å². The molecule has 3 heteroatoms. The average molecular weight is 288 g/mol. The number of rotatable bonds is 4. The van der Waals surface area contributed by atoms with E-state index in [1.165, 1.54) is 16.7 Å². The number of amides is 1. The van der Waals surface area contributed by atoms with Gasteiger partial charge in [-0.25, -0.2) is 0 Å². The normalized spacial score (nSPS) is 24.0. The predicted octanol–water partition coefficient (Wildman–Crippen LogP) is 3.56. The molecule has 21 heavy (non-hydrogen) atoms. The Morgan fingerprint density at radius 1 is 1.24 bits per heavy atom. The summed E-state index contributed by atoms with van der Waals surface area (Å²) in [6.07, 6.45) is 0.972. The quantitative estimate of drug-likeness (QED) is 0.919. The van der Waals surface area contributed by atoms with E-state index in [9.17, 15) is 4.79 Å². The van der Waals surface area contributed by atoms with Gasteiger partial charge in [0.15, 0.2) is 0 Å². The lowest BCUT2D eigenvalue weighted by atomic mass is 10.0. The number of carbonyl (C=O) groups is 1. The standard InChI is InChI=1S/C18H28N2O/c1-7-14(6)20-17(19-16(11(2)3)18(20)21)15-10-12(4)8-9-13(15)5/h8-11,14,16-17,19H,7H2,1-6H3. The highest BCUT2D eigenvalue weighted by Gasteiger charge is 2.43. The molecule has 3 unspecified atom stereocenters. The summed E-state index contributed by atoms with van der Waals surface area (Å²) in [5.41, 5.74) is 3.71. The average Bonchev–Trinajstić information content (AvgIpc) is 2.78. The van der Waals surface area contributed by atoms with Crippen LogP contribution in [0.3, 0.4) is 0 Å². The number of carbonyl (C=O) groups excluding carboxylic acids is 1. The molecule has 1 saturated heterocycles. The van der Waals surface area contributed by atoms with E-state index in [4.69, 9.17) is 0 Å². The monoisotopic (exact) mass is 288 g/mol. The van der Waals surface area contributed by atoms with Gasteiger partial charge in [0.25, 0.3) is 0 Å². The minimum Gasteiger partial charge on any atom is -0.319 e. The third kappa shape index (κ3) is 2.98. The van der Waals surface area contributed by atoms with Crippen LogP contribution in [-0.2, 0) is 4.79 Å². The maximum atomic E-state index is 12.8. The molecular formula is C18H28N2O. The number of nitrogens with zero attached hydrogens (tertiary/aromatic N) is 1. The zero-order chi connectivity index (χ0) is 15.7. The SMILES string of the molecule is CCC(C)N1C(=O)C(C(C)C)NC1c1cc(C)ccc1C. The Hall–Kier alpha value is -1.35. The number of nitrogens with one attached hydrogen (secondary N) is 1. The summed E-state index contributed by atoms with van der Waals surface area (Å²) in [6.45, 7) is 12.7. The predicted molar refractivity (Wildman–Crippen MR) is 87.0 cm³/mol. The zero-order valence-corrected chi connectivity index (χ0v) is 14.1. The lowest BCUT2D eigenvalue weighted by Gasteiger charge is -2.31. The van der Waals surface area contributed by atoms with Crippen molar-refractivity contribution in [3.63, 3.8) is 0 Å². The van der Waals surface area contributed by atoms with Crippen LogP contribution < -0.4 is 5.32 Å². The molecule has 0 aromatic heterocycles. The van der Waals surface area contributed by atoms with E-state index < -0.39 is 0 Å². The van der Waals surface area contributed by atoms with Crippen molar-refractivity contribution >= 4 is 5.91 Å². The lowest BCUT2D eigenvalue weighted by molar-refractivity contribution is -0.132. The molecule has 1 amide bonds. The van der Waals surface area contributed by atoms with Crippen LogP contribution in [0.2, 0.25) is 0 Å². The topological polar surface area (TPSA) is 32.3 Å². The van der Waals surface area contributed by atoms with Gasteiger partial charge in [-0.05, 0) is 44.2 Å². The van der Waals surface area contributed by atoms with E-state index in [0.717, 1.165) is 6.42 Å². The second-order valence-electron chi connectivity index (χ2n) is 6.65. The minimum atomic E-state index is -0.0797. The van der Waals surface area contributed by atoms with E-state index >= 15 is 0 Å². The molecule has 116 valence electrons. The third-order valence-corrected chi connectivity index (χ3v) is 4.60. The largest absolute Gasteiger partial charge is 0.319 e. The Balaban J connectivity index is 2.44. The summed E-state index contributed by atoms with van der Waals surface area (Å²) < 4.78 is 0. The van der Waals surface area contributed by atoms with Crippen LogP contribution in [0.1, 0.15) is 57.0 Å². The van der Waals surface area contributed by atoms with Gasteiger partial charge in [-0.3, -0.25) is 10.1 Å². The Bertz CT molecular complexity index is 524. The van der Waals surface area contributed by atoms with Crippen molar-refractivity contribution in [1.82, 2.24) is 10.2 Å². The first-order valence-electron chi connectivity index (χ1n) is 8.02. The molecule has 1 aromatic carbocycles. The first-order valence-corrected chi connectivity index (χ1v) is 8.02. The maximum absolute atomic E-state index is 12.8. The molecule has 3 nitrogen and oxygen atoms in total. The molecule has 1 fully saturated rings. The van der Waals surface area contributed by atoms with Crippen molar-refractivity contribution in [1.29, 1.82) is 0 Å². The van der Waals surface area contributed by atoms with Gasteiger partial charge < -0.3 is 4.90 Å². The van der Waals surface area contributed by atoms with Crippen LogP contribution in [-0.4, -0.2) is 22.9 Å². The number of aryl methyl sites for hydroxylation is 2. The number of benzene rings is 1. The second kappa shape index (κ2) is 6.18. The van der Waals surface area contributed by atoms with Crippen LogP contribution in [0.15, 0.2) is 18.2 Å². The second-order valence-corrected chi connectivity index (χ2v) is 6.65. The van der Waals surface area contributed by atoms with Gasteiger partial charge in [-0.15, -0.1) is 0 Å². The summed E-state index contributed by atoms with van der Waals surface area (Å²) in [5, 5.41) is 3.57. The first-order chi connectivity index (χ1) is 9.86. The van der Waals surface area contributed by atoms with E-state index in [2.05, 4.69) is 65.1 Å². The van der Waals surface area contributed by atoms with Crippen LogP contribution in [0.25, 0.3) is 0 Å². The molecule has 1 aromatic rings. The Morgan fingerprint density at radius 2 is 1.90 bits per heavy atom. The zero-order valence-electron chi connectivity index (χ0n) is 14.1. The van der Waals surface area contributed by atoms with Crippen LogP contribution in [0.4, 0.5) is 0 Å². The molecule has 0 spiro atoms. The van der Waals surface area contributed by atoms with Crippen molar-refractivity contribution in [2.24, 2.45) is 5.92 Å². The molecular weight excluding hydrogens is 260 g/mol. The molecule has 1 N–H and O–H groups in total. The fourth-order valence-electron chi connectivity index (χ4n) is 3.05.